The summed E-state index contributed by atoms with van der Waals surface area (Å²) in [7, 11) is 0. The van der Waals surface area contributed by atoms with Gasteiger partial charge >= 0.3 is 17.9 Å². The SMILES string of the molecule is CC(=O)O[C@H]1[C@H]2C[C@@H](OC(C)=O)[C@H]1[C@@H]1COC(=O)[C@H]21. The molecule has 3 fully saturated rings. The molecule has 1 saturated heterocycles. The van der Waals surface area contributed by atoms with Crippen LogP contribution in [0, 0.1) is 23.7 Å². The summed E-state index contributed by atoms with van der Waals surface area (Å²) in [6.45, 7) is 3.05. The van der Waals surface area contributed by atoms with Gasteiger partial charge in [-0.2, -0.15) is 0 Å². The van der Waals surface area contributed by atoms with Gasteiger partial charge in [0, 0.05) is 31.6 Å². The summed E-state index contributed by atoms with van der Waals surface area (Å²) in [6, 6.07) is 0. The second kappa shape index (κ2) is 4.21. The van der Waals surface area contributed by atoms with Gasteiger partial charge in [-0.3, -0.25) is 14.4 Å². The topological polar surface area (TPSA) is 78.9 Å². The smallest absolute Gasteiger partial charge is 0.309 e. The molecule has 2 saturated carbocycles. The van der Waals surface area contributed by atoms with Gasteiger partial charge in [0.05, 0.1) is 12.5 Å². The number of rotatable bonds is 2. The summed E-state index contributed by atoms with van der Waals surface area (Å²) in [5, 5.41) is 0. The summed E-state index contributed by atoms with van der Waals surface area (Å²) >= 11 is 0. The minimum absolute atomic E-state index is 0.0000463. The molecule has 1 aliphatic heterocycles. The van der Waals surface area contributed by atoms with Gasteiger partial charge in [-0.15, -0.1) is 0 Å². The van der Waals surface area contributed by atoms with Crippen LogP contribution in [0.1, 0.15) is 20.3 Å². The molecule has 0 aromatic carbocycles. The van der Waals surface area contributed by atoms with Crippen molar-refractivity contribution in [3.8, 4) is 0 Å². The van der Waals surface area contributed by atoms with Gasteiger partial charge in [0.1, 0.15) is 12.2 Å². The Bertz CT molecular complexity index is 444. The zero-order chi connectivity index (χ0) is 13.7. The summed E-state index contributed by atoms with van der Waals surface area (Å²) in [6.07, 6.45) is -0.0364. The molecule has 0 aromatic heterocycles. The van der Waals surface area contributed by atoms with Gasteiger partial charge in [0.25, 0.3) is 0 Å². The molecular formula is C13H16O6. The van der Waals surface area contributed by atoms with Crippen LogP contribution in [0.25, 0.3) is 0 Å². The highest BCUT2D eigenvalue weighted by atomic mass is 16.6. The lowest BCUT2D eigenvalue weighted by atomic mass is 9.80. The van der Waals surface area contributed by atoms with Crippen LogP contribution in [0.5, 0.6) is 0 Å². The molecule has 0 aromatic rings. The maximum Gasteiger partial charge on any atom is 0.309 e. The lowest BCUT2D eigenvalue weighted by Crippen LogP contribution is -2.35. The van der Waals surface area contributed by atoms with Crippen LogP contribution in [0.15, 0.2) is 0 Å². The fraction of sp³-hybridized carbons (Fsp3) is 0.769. The van der Waals surface area contributed by atoms with Gasteiger partial charge in [0.2, 0.25) is 0 Å². The number of hydrogen-bond donors (Lipinski definition) is 0. The maximum absolute atomic E-state index is 11.7. The Morgan fingerprint density at radius 1 is 1.16 bits per heavy atom. The normalized spacial score (nSPS) is 42.7. The Labute approximate surface area is 110 Å². The third kappa shape index (κ3) is 1.81. The van der Waals surface area contributed by atoms with E-state index in [9.17, 15) is 14.4 Å². The number of ether oxygens (including phenoxy) is 3. The standard InChI is InChI=1S/C13H16O6/c1-5(14)18-9-3-7-10-8(4-17-13(10)16)11(9)12(7)19-6(2)15/h7-12H,3-4H2,1-2H3/t7-,8+,9+,10+,11+,12-/m0/s1. The second-order valence-corrected chi connectivity index (χ2v) is 5.52. The van der Waals surface area contributed by atoms with Crippen LogP contribution in [-0.4, -0.2) is 36.7 Å². The monoisotopic (exact) mass is 268 g/mol. The van der Waals surface area contributed by atoms with E-state index < -0.39 is 0 Å². The lowest BCUT2D eigenvalue weighted by Gasteiger charge is -2.27. The maximum atomic E-state index is 11.7. The first-order valence-corrected chi connectivity index (χ1v) is 6.50. The Balaban J connectivity index is 1.85. The predicted molar refractivity (Wildman–Crippen MR) is 60.6 cm³/mol. The number of carbonyl (C=O) groups excluding carboxylic acids is 3. The van der Waals surface area contributed by atoms with E-state index in [2.05, 4.69) is 0 Å². The molecule has 19 heavy (non-hydrogen) atoms. The quantitative estimate of drug-likeness (QED) is 0.529. The van der Waals surface area contributed by atoms with Crippen LogP contribution in [0.4, 0.5) is 0 Å². The third-order valence-electron chi connectivity index (χ3n) is 4.46. The van der Waals surface area contributed by atoms with Crippen LogP contribution >= 0.6 is 0 Å². The molecule has 3 rings (SSSR count). The Morgan fingerprint density at radius 3 is 2.47 bits per heavy atom. The van der Waals surface area contributed by atoms with E-state index in [4.69, 9.17) is 14.2 Å². The number of esters is 3. The van der Waals surface area contributed by atoms with Crippen LogP contribution in [0.2, 0.25) is 0 Å². The van der Waals surface area contributed by atoms with Crippen molar-refractivity contribution in [1.82, 2.24) is 0 Å². The summed E-state index contributed by atoms with van der Waals surface area (Å²) < 4.78 is 15.7. The van der Waals surface area contributed by atoms with Gasteiger partial charge in [-0.05, 0) is 6.42 Å². The van der Waals surface area contributed by atoms with E-state index in [1.54, 1.807) is 0 Å². The molecule has 0 N–H and O–H groups in total. The molecule has 6 atom stereocenters. The highest BCUT2D eigenvalue weighted by molar-refractivity contribution is 5.77. The van der Waals surface area contributed by atoms with Crippen molar-refractivity contribution in [3.05, 3.63) is 0 Å². The molecule has 1 heterocycles. The average molecular weight is 268 g/mol. The predicted octanol–water partition coefficient (Wildman–Crippen LogP) is 0.289. The van der Waals surface area contributed by atoms with E-state index in [0.717, 1.165) is 0 Å². The largest absolute Gasteiger partial charge is 0.465 e. The molecule has 2 bridgehead atoms. The molecule has 0 unspecified atom stereocenters. The van der Waals surface area contributed by atoms with E-state index in [0.29, 0.717) is 13.0 Å². The second-order valence-electron chi connectivity index (χ2n) is 5.52. The minimum Gasteiger partial charge on any atom is -0.465 e. The molecule has 0 radical (unpaired) electrons. The molecule has 3 aliphatic rings. The zero-order valence-electron chi connectivity index (χ0n) is 10.8. The van der Waals surface area contributed by atoms with Gasteiger partial charge in [-0.1, -0.05) is 0 Å². The van der Waals surface area contributed by atoms with Crippen LogP contribution in [-0.2, 0) is 28.6 Å². The summed E-state index contributed by atoms with van der Waals surface area (Å²) in [5.74, 6) is -1.33. The van der Waals surface area contributed by atoms with E-state index in [-0.39, 0.29) is 53.8 Å². The highest BCUT2D eigenvalue weighted by Crippen LogP contribution is 2.57. The molecule has 2 aliphatic carbocycles. The first-order chi connectivity index (χ1) is 8.99. The number of cyclic esters (lactones) is 1. The van der Waals surface area contributed by atoms with E-state index >= 15 is 0 Å². The minimum atomic E-state index is -0.364. The van der Waals surface area contributed by atoms with E-state index in [1.165, 1.54) is 13.8 Å². The van der Waals surface area contributed by atoms with E-state index in [1.807, 2.05) is 0 Å². The molecule has 6 nitrogen and oxygen atoms in total. The van der Waals surface area contributed by atoms with Crippen molar-refractivity contribution in [1.29, 1.82) is 0 Å². The number of carbonyl (C=O) groups is 3. The summed E-state index contributed by atoms with van der Waals surface area (Å²) in [4.78, 5) is 34.1. The molecule has 0 amide bonds. The first kappa shape index (κ1) is 12.4. The van der Waals surface area contributed by atoms with Gasteiger partial charge in [-0.25, -0.2) is 0 Å². The van der Waals surface area contributed by atoms with Crippen molar-refractivity contribution in [3.63, 3.8) is 0 Å². The van der Waals surface area contributed by atoms with Crippen molar-refractivity contribution >= 4 is 17.9 Å². The van der Waals surface area contributed by atoms with Gasteiger partial charge in [0.15, 0.2) is 0 Å². The Hall–Kier alpha value is -1.59. The molecule has 6 heteroatoms. The lowest BCUT2D eigenvalue weighted by molar-refractivity contribution is -0.155. The fourth-order valence-electron chi connectivity index (χ4n) is 4.02. The zero-order valence-corrected chi connectivity index (χ0v) is 10.8. The third-order valence-corrected chi connectivity index (χ3v) is 4.46. The van der Waals surface area contributed by atoms with Crippen LogP contribution in [0.3, 0.4) is 0 Å². The number of fused-ring (bicyclic) bond motifs is 5. The highest BCUT2D eigenvalue weighted by Gasteiger charge is 2.66. The van der Waals surface area contributed by atoms with Crippen molar-refractivity contribution in [2.75, 3.05) is 6.61 Å². The van der Waals surface area contributed by atoms with Gasteiger partial charge < -0.3 is 14.2 Å². The van der Waals surface area contributed by atoms with Crippen molar-refractivity contribution < 1.29 is 28.6 Å². The Morgan fingerprint density at radius 2 is 1.84 bits per heavy atom. The first-order valence-electron chi connectivity index (χ1n) is 6.50. The Kier molecular flexibility index (Phi) is 2.76. The molecular weight excluding hydrogens is 252 g/mol. The van der Waals surface area contributed by atoms with Crippen molar-refractivity contribution in [2.45, 2.75) is 32.5 Å². The average Bonchev–Trinajstić information content (AvgIpc) is 2.89. The van der Waals surface area contributed by atoms with Crippen LogP contribution < -0.4 is 0 Å². The fourth-order valence-corrected chi connectivity index (χ4v) is 4.02. The summed E-state index contributed by atoms with van der Waals surface area (Å²) in [5.41, 5.74) is 0. The van der Waals surface area contributed by atoms with Crippen molar-refractivity contribution in [2.24, 2.45) is 23.7 Å². The molecule has 104 valence electrons. The number of hydrogen-bond acceptors (Lipinski definition) is 6. The molecule has 0 spiro atoms.